The van der Waals surface area contributed by atoms with E-state index in [0.717, 1.165) is 32.1 Å². The van der Waals surface area contributed by atoms with Crippen LogP contribution >= 0.6 is 0 Å². The molecule has 0 N–H and O–H groups in total. The number of likely N-dealkylation sites (tertiary alicyclic amines) is 2. The highest BCUT2D eigenvalue weighted by atomic mass is 16.2. The lowest BCUT2D eigenvalue weighted by Crippen LogP contribution is -2.53. The standard InChI is InChI=1S/C11H20N2O.2C2H6/c1-9-3-5-13(6-4-9)11(14)10-7-12(2)8-10;2*1-2/h9-10H,3-8H2,1-2H3;2*1-2H3. The average Bonchev–Trinajstić information content (AvgIpc) is 2.40. The fraction of sp³-hybridized carbons (Fsp3) is 0.933. The van der Waals surface area contributed by atoms with Crippen molar-refractivity contribution >= 4 is 5.91 Å². The van der Waals surface area contributed by atoms with Crippen LogP contribution in [0.25, 0.3) is 0 Å². The molecule has 0 aliphatic carbocycles. The Kier molecular flexibility index (Phi) is 9.08. The van der Waals surface area contributed by atoms with Crippen LogP contribution in [-0.4, -0.2) is 48.9 Å². The first-order valence-electron chi connectivity index (χ1n) is 7.64. The number of hydrogen-bond acceptors (Lipinski definition) is 2. The van der Waals surface area contributed by atoms with Gasteiger partial charge in [0.15, 0.2) is 0 Å². The summed E-state index contributed by atoms with van der Waals surface area (Å²) in [6, 6.07) is 0. The molecule has 0 spiro atoms. The molecule has 0 aromatic carbocycles. The van der Waals surface area contributed by atoms with Crippen LogP contribution in [0.1, 0.15) is 47.5 Å². The molecule has 0 saturated carbocycles. The number of amides is 1. The highest BCUT2D eigenvalue weighted by molar-refractivity contribution is 5.80. The van der Waals surface area contributed by atoms with Gasteiger partial charge < -0.3 is 9.80 Å². The van der Waals surface area contributed by atoms with E-state index >= 15 is 0 Å². The summed E-state index contributed by atoms with van der Waals surface area (Å²) in [6.07, 6.45) is 2.38. The van der Waals surface area contributed by atoms with Gasteiger partial charge in [-0.05, 0) is 25.8 Å². The van der Waals surface area contributed by atoms with E-state index in [1.165, 1.54) is 12.8 Å². The first kappa shape index (κ1) is 17.4. The average molecular weight is 256 g/mol. The molecule has 0 unspecified atom stereocenters. The van der Waals surface area contributed by atoms with Crippen molar-refractivity contribution in [3.8, 4) is 0 Å². The molecular weight excluding hydrogens is 224 g/mol. The minimum atomic E-state index is 0.299. The van der Waals surface area contributed by atoms with E-state index in [9.17, 15) is 4.79 Å². The van der Waals surface area contributed by atoms with Gasteiger partial charge in [-0.15, -0.1) is 0 Å². The highest BCUT2D eigenvalue weighted by Gasteiger charge is 2.33. The minimum Gasteiger partial charge on any atom is -0.342 e. The number of carbonyl (C=O) groups is 1. The SMILES string of the molecule is CC.CC.CC1CCN(C(=O)C2CN(C)C2)CC1. The molecule has 2 aliphatic rings. The Bertz CT molecular complexity index is 217. The van der Waals surface area contributed by atoms with Crippen LogP contribution in [0.4, 0.5) is 0 Å². The molecule has 0 aromatic heterocycles. The van der Waals surface area contributed by atoms with E-state index < -0.39 is 0 Å². The molecule has 2 rings (SSSR count). The van der Waals surface area contributed by atoms with Crippen molar-refractivity contribution in [2.45, 2.75) is 47.5 Å². The lowest BCUT2D eigenvalue weighted by atomic mass is 9.95. The quantitative estimate of drug-likeness (QED) is 0.720. The largest absolute Gasteiger partial charge is 0.342 e. The predicted molar refractivity (Wildman–Crippen MR) is 78.7 cm³/mol. The fourth-order valence-corrected chi connectivity index (χ4v) is 2.34. The summed E-state index contributed by atoms with van der Waals surface area (Å²) < 4.78 is 0. The highest BCUT2D eigenvalue weighted by Crippen LogP contribution is 2.21. The van der Waals surface area contributed by atoms with Crippen LogP contribution in [0.2, 0.25) is 0 Å². The second-order valence-corrected chi connectivity index (χ2v) is 4.93. The van der Waals surface area contributed by atoms with Gasteiger partial charge >= 0.3 is 0 Å². The van der Waals surface area contributed by atoms with Crippen LogP contribution in [0.15, 0.2) is 0 Å². The minimum absolute atomic E-state index is 0.299. The predicted octanol–water partition coefficient (Wildman–Crippen LogP) is 2.86. The monoisotopic (exact) mass is 256 g/mol. The molecule has 0 atom stereocenters. The van der Waals surface area contributed by atoms with Crippen LogP contribution in [-0.2, 0) is 4.79 Å². The van der Waals surface area contributed by atoms with Gasteiger partial charge in [0, 0.05) is 26.2 Å². The summed E-state index contributed by atoms with van der Waals surface area (Å²) in [5, 5.41) is 0. The van der Waals surface area contributed by atoms with Crippen LogP contribution in [0, 0.1) is 11.8 Å². The molecule has 18 heavy (non-hydrogen) atoms. The summed E-state index contributed by atoms with van der Waals surface area (Å²) >= 11 is 0. The number of hydrogen-bond donors (Lipinski definition) is 0. The first-order valence-corrected chi connectivity index (χ1v) is 7.64. The van der Waals surface area contributed by atoms with E-state index in [4.69, 9.17) is 0 Å². The van der Waals surface area contributed by atoms with E-state index in [2.05, 4.69) is 23.8 Å². The Labute approximate surface area is 114 Å². The van der Waals surface area contributed by atoms with Gasteiger partial charge in [-0.3, -0.25) is 4.79 Å². The second kappa shape index (κ2) is 9.37. The Morgan fingerprint density at radius 1 is 1.00 bits per heavy atom. The topological polar surface area (TPSA) is 23.6 Å². The molecule has 0 radical (unpaired) electrons. The summed E-state index contributed by atoms with van der Waals surface area (Å²) in [5.74, 6) is 1.51. The molecule has 2 fully saturated rings. The van der Waals surface area contributed by atoms with E-state index in [-0.39, 0.29) is 0 Å². The Morgan fingerprint density at radius 2 is 1.44 bits per heavy atom. The van der Waals surface area contributed by atoms with Crippen LogP contribution in [0.3, 0.4) is 0 Å². The van der Waals surface area contributed by atoms with Crippen LogP contribution < -0.4 is 0 Å². The molecule has 3 heteroatoms. The molecule has 2 aliphatic heterocycles. The molecule has 108 valence electrons. The second-order valence-electron chi connectivity index (χ2n) is 4.93. The third-order valence-corrected chi connectivity index (χ3v) is 3.51. The summed E-state index contributed by atoms with van der Waals surface area (Å²) in [5.41, 5.74) is 0. The third-order valence-electron chi connectivity index (χ3n) is 3.51. The van der Waals surface area contributed by atoms with E-state index in [1.807, 2.05) is 27.7 Å². The normalized spacial score (nSPS) is 21.1. The number of carbonyl (C=O) groups excluding carboxylic acids is 1. The van der Waals surface area contributed by atoms with Crippen LogP contribution in [0.5, 0.6) is 0 Å². The summed E-state index contributed by atoms with van der Waals surface area (Å²) in [4.78, 5) is 16.2. The number of rotatable bonds is 1. The molecule has 2 saturated heterocycles. The third kappa shape index (κ3) is 4.97. The summed E-state index contributed by atoms with van der Waals surface area (Å²) in [6.45, 7) is 14.2. The van der Waals surface area contributed by atoms with Crippen molar-refractivity contribution < 1.29 is 4.79 Å². The lowest BCUT2D eigenvalue weighted by Gasteiger charge is -2.40. The van der Waals surface area contributed by atoms with Gasteiger partial charge in [-0.1, -0.05) is 34.6 Å². The fourth-order valence-electron chi connectivity index (χ4n) is 2.34. The van der Waals surface area contributed by atoms with E-state index in [1.54, 1.807) is 0 Å². The molecule has 0 aromatic rings. The van der Waals surface area contributed by atoms with Crippen molar-refractivity contribution in [3.05, 3.63) is 0 Å². The molecule has 1 amide bonds. The van der Waals surface area contributed by atoms with Gasteiger partial charge in [0.2, 0.25) is 5.91 Å². The van der Waals surface area contributed by atoms with Crippen molar-refractivity contribution in [2.75, 3.05) is 33.2 Å². The molecular formula is C15H32N2O. The maximum absolute atomic E-state index is 11.9. The van der Waals surface area contributed by atoms with Gasteiger partial charge in [-0.2, -0.15) is 0 Å². The smallest absolute Gasteiger partial charge is 0.228 e. The Morgan fingerprint density at radius 3 is 1.83 bits per heavy atom. The molecule has 0 bridgehead atoms. The number of nitrogens with zero attached hydrogens (tertiary/aromatic N) is 2. The lowest BCUT2D eigenvalue weighted by molar-refractivity contribution is -0.141. The van der Waals surface area contributed by atoms with Crippen molar-refractivity contribution in [1.82, 2.24) is 9.80 Å². The Balaban J connectivity index is 0.000000659. The van der Waals surface area contributed by atoms with Gasteiger partial charge in [0.25, 0.3) is 0 Å². The maximum atomic E-state index is 11.9. The molecule has 2 heterocycles. The zero-order valence-electron chi connectivity index (χ0n) is 13.2. The molecule has 3 nitrogen and oxygen atoms in total. The van der Waals surface area contributed by atoms with Crippen molar-refractivity contribution in [1.29, 1.82) is 0 Å². The zero-order valence-corrected chi connectivity index (χ0v) is 13.2. The van der Waals surface area contributed by atoms with Gasteiger partial charge in [-0.25, -0.2) is 0 Å². The van der Waals surface area contributed by atoms with E-state index in [0.29, 0.717) is 11.8 Å². The Hall–Kier alpha value is -0.570. The van der Waals surface area contributed by atoms with Crippen molar-refractivity contribution in [2.24, 2.45) is 11.8 Å². The summed E-state index contributed by atoms with van der Waals surface area (Å²) in [7, 11) is 2.07. The van der Waals surface area contributed by atoms with Gasteiger partial charge in [0.1, 0.15) is 0 Å². The maximum Gasteiger partial charge on any atom is 0.228 e. The van der Waals surface area contributed by atoms with Gasteiger partial charge in [0.05, 0.1) is 5.92 Å². The first-order chi connectivity index (χ1) is 8.66. The zero-order chi connectivity index (χ0) is 14.1. The van der Waals surface area contributed by atoms with Crippen molar-refractivity contribution in [3.63, 3.8) is 0 Å². The number of piperidine rings is 1.